The van der Waals surface area contributed by atoms with Gasteiger partial charge in [0.1, 0.15) is 29.0 Å². The summed E-state index contributed by atoms with van der Waals surface area (Å²) in [5.74, 6) is 3.24. The predicted molar refractivity (Wildman–Crippen MR) is 131 cm³/mol. The molecule has 2 fully saturated rings. The Morgan fingerprint density at radius 2 is 2.15 bits per heavy atom. The van der Waals surface area contributed by atoms with E-state index in [1.54, 1.807) is 36.9 Å². The van der Waals surface area contributed by atoms with Crippen LogP contribution in [0.4, 0.5) is 17.2 Å². The molecule has 2 aliphatic carbocycles. The number of aliphatic hydroxyl groups excluding tert-OH is 1. The van der Waals surface area contributed by atoms with Crippen LogP contribution in [0.5, 0.6) is 5.75 Å². The van der Waals surface area contributed by atoms with Gasteiger partial charge < -0.3 is 26.3 Å². The lowest BCUT2D eigenvalue weighted by Gasteiger charge is -2.33. The fourth-order valence-electron chi connectivity index (χ4n) is 5.57. The fourth-order valence-corrected chi connectivity index (χ4v) is 6.84. The predicted octanol–water partition coefficient (Wildman–Crippen LogP) is 3.40. The van der Waals surface area contributed by atoms with Gasteiger partial charge in [-0.1, -0.05) is 0 Å². The minimum Gasteiger partial charge on any atom is -0.494 e. The normalized spacial score (nSPS) is 24.8. The monoisotopic (exact) mass is 464 g/mol. The number of thiophene rings is 1. The zero-order chi connectivity index (χ0) is 22.7. The van der Waals surface area contributed by atoms with E-state index in [1.807, 2.05) is 0 Å². The Balaban J connectivity index is 1.30. The molecule has 0 amide bonds. The first kappa shape index (κ1) is 20.8. The number of rotatable bonds is 6. The largest absolute Gasteiger partial charge is 0.494 e. The first-order valence-corrected chi connectivity index (χ1v) is 12.3. The highest BCUT2D eigenvalue weighted by Crippen LogP contribution is 2.47. The van der Waals surface area contributed by atoms with Gasteiger partial charge in [-0.15, -0.1) is 11.3 Å². The van der Waals surface area contributed by atoms with E-state index in [1.165, 1.54) is 23.1 Å². The maximum Gasteiger partial charge on any atom is 0.144 e. The summed E-state index contributed by atoms with van der Waals surface area (Å²) in [5.41, 5.74) is 9.13. The summed E-state index contributed by atoms with van der Waals surface area (Å²) in [4.78, 5) is 13.7. The lowest BCUT2D eigenvalue weighted by molar-refractivity contribution is -0.0367. The molecular weight excluding hydrogens is 436 g/mol. The zero-order valence-electron chi connectivity index (χ0n) is 18.5. The van der Waals surface area contributed by atoms with Crippen LogP contribution in [0.3, 0.4) is 0 Å². The standard InChI is InChI=1S/C24H28N6O2S/c1-32-19-7-17(26)13(8-25)5-18(19)29-22-21-16-3-2-12(6-20(16)33-23(21)28-11-27-22)24(31)30-9-14-4-15(14)10-30/h5,7-8,11-12,14-15,24-25,31H,2-4,6,9-10,26H2,1H3,(H,27,28,29). The van der Waals surface area contributed by atoms with Crippen molar-refractivity contribution in [3.63, 3.8) is 0 Å². The highest BCUT2D eigenvalue weighted by Gasteiger charge is 2.48. The van der Waals surface area contributed by atoms with E-state index in [-0.39, 0.29) is 12.1 Å². The molecule has 1 saturated heterocycles. The molecule has 3 heterocycles. The van der Waals surface area contributed by atoms with Crippen LogP contribution in [0.15, 0.2) is 18.5 Å². The minimum absolute atomic E-state index is 0.264. The van der Waals surface area contributed by atoms with Crippen LogP contribution in [0.25, 0.3) is 10.2 Å². The molecule has 0 bridgehead atoms. The van der Waals surface area contributed by atoms with Gasteiger partial charge in [0.15, 0.2) is 0 Å². The molecule has 33 heavy (non-hydrogen) atoms. The Bertz CT molecular complexity index is 1230. The van der Waals surface area contributed by atoms with Crippen molar-refractivity contribution in [1.29, 1.82) is 5.41 Å². The van der Waals surface area contributed by atoms with Crippen LogP contribution in [0, 0.1) is 23.2 Å². The number of anilines is 3. The molecule has 1 aromatic carbocycles. The number of aryl methyl sites for hydroxylation is 1. The Morgan fingerprint density at radius 3 is 2.91 bits per heavy atom. The third-order valence-electron chi connectivity index (χ3n) is 7.50. The number of hydrogen-bond donors (Lipinski definition) is 4. The van der Waals surface area contributed by atoms with Gasteiger partial charge in [0.2, 0.25) is 0 Å². The molecule has 1 aliphatic heterocycles. The third kappa shape index (κ3) is 3.55. The van der Waals surface area contributed by atoms with Crippen molar-refractivity contribution in [2.75, 3.05) is 31.2 Å². The second-order valence-electron chi connectivity index (χ2n) is 9.48. The number of nitrogens with one attached hydrogen (secondary N) is 2. The van der Waals surface area contributed by atoms with Crippen LogP contribution in [0.2, 0.25) is 0 Å². The number of benzene rings is 1. The Kier molecular flexibility index (Phi) is 5.01. The number of methoxy groups -OCH3 is 1. The van der Waals surface area contributed by atoms with Crippen molar-refractivity contribution in [3.05, 3.63) is 34.5 Å². The number of likely N-dealkylation sites (tertiary alicyclic amines) is 1. The molecular formula is C24H28N6O2S. The van der Waals surface area contributed by atoms with Crippen molar-refractivity contribution >= 4 is 45.0 Å². The van der Waals surface area contributed by atoms with Crippen molar-refractivity contribution in [2.24, 2.45) is 17.8 Å². The third-order valence-corrected chi connectivity index (χ3v) is 8.66. The molecule has 9 heteroatoms. The van der Waals surface area contributed by atoms with E-state index in [0.717, 1.165) is 60.2 Å². The first-order chi connectivity index (χ1) is 16.1. The molecule has 8 nitrogen and oxygen atoms in total. The van der Waals surface area contributed by atoms with E-state index >= 15 is 0 Å². The molecule has 1 saturated carbocycles. The number of nitrogens with zero attached hydrogens (tertiary/aromatic N) is 3. The van der Waals surface area contributed by atoms with Crippen LogP contribution >= 0.6 is 11.3 Å². The summed E-state index contributed by atoms with van der Waals surface area (Å²) in [6.45, 7) is 2.12. The topological polar surface area (TPSA) is 120 Å². The second kappa shape index (κ2) is 7.93. The van der Waals surface area contributed by atoms with Gasteiger partial charge in [-0.2, -0.15) is 0 Å². The number of aliphatic hydroxyl groups is 1. The maximum atomic E-state index is 11.0. The smallest absolute Gasteiger partial charge is 0.144 e. The van der Waals surface area contributed by atoms with Crippen LogP contribution in [-0.2, 0) is 12.8 Å². The summed E-state index contributed by atoms with van der Waals surface area (Å²) in [6, 6.07) is 3.53. The highest BCUT2D eigenvalue weighted by atomic mass is 32.1. The van der Waals surface area contributed by atoms with Crippen molar-refractivity contribution in [3.8, 4) is 5.75 Å². The summed E-state index contributed by atoms with van der Waals surface area (Å²) in [6.07, 6.45) is 6.56. The molecule has 3 aliphatic rings. The number of piperidine rings is 1. The Labute approximate surface area is 196 Å². The molecule has 0 radical (unpaired) electrons. The van der Waals surface area contributed by atoms with Gasteiger partial charge >= 0.3 is 0 Å². The lowest BCUT2D eigenvalue weighted by Crippen LogP contribution is -2.42. The van der Waals surface area contributed by atoms with Crippen LogP contribution < -0.4 is 15.8 Å². The average molecular weight is 465 g/mol. The molecule has 172 valence electrons. The van der Waals surface area contributed by atoms with Gasteiger partial charge in [-0.25, -0.2) is 9.97 Å². The molecule has 2 aromatic heterocycles. The van der Waals surface area contributed by atoms with Gasteiger partial charge in [0.25, 0.3) is 0 Å². The van der Waals surface area contributed by atoms with E-state index in [4.69, 9.17) is 15.9 Å². The molecule has 6 rings (SSSR count). The van der Waals surface area contributed by atoms with Crippen LogP contribution in [-0.4, -0.2) is 52.6 Å². The zero-order valence-corrected chi connectivity index (χ0v) is 19.4. The van der Waals surface area contributed by atoms with Crippen molar-refractivity contribution in [1.82, 2.24) is 14.9 Å². The highest BCUT2D eigenvalue weighted by molar-refractivity contribution is 7.19. The van der Waals surface area contributed by atoms with E-state index in [2.05, 4.69) is 20.2 Å². The SMILES string of the molecule is COc1cc(N)c(C=N)cc1Nc1ncnc2sc3c(c12)CCC(C(O)N1CC2CC2C1)C3. The number of aromatic nitrogens is 2. The molecule has 0 spiro atoms. The van der Waals surface area contributed by atoms with E-state index < -0.39 is 0 Å². The first-order valence-electron chi connectivity index (χ1n) is 11.5. The van der Waals surface area contributed by atoms with Crippen LogP contribution in [0.1, 0.15) is 28.8 Å². The number of nitrogen functional groups attached to an aromatic ring is 1. The van der Waals surface area contributed by atoms with E-state index in [9.17, 15) is 5.11 Å². The molecule has 4 atom stereocenters. The number of ether oxygens (including phenoxy) is 1. The molecule has 3 aromatic rings. The van der Waals surface area contributed by atoms with Gasteiger partial charge in [-0.3, -0.25) is 4.90 Å². The molecule has 5 N–H and O–H groups in total. The lowest BCUT2D eigenvalue weighted by atomic mass is 9.86. The maximum absolute atomic E-state index is 11.0. The average Bonchev–Trinajstić information content (AvgIpc) is 3.26. The van der Waals surface area contributed by atoms with Crippen molar-refractivity contribution in [2.45, 2.75) is 31.9 Å². The Hall–Kier alpha value is -2.75. The number of hydrogen-bond acceptors (Lipinski definition) is 9. The number of nitrogens with two attached hydrogens (primary N) is 1. The summed E-state index contributed by atoms with van der Waals surface area (Å²) < 4.78 is 5.51. The molecule has 4 unspecified atom stereocenters. The van der Waals surface area contributed by atoms with Crippen molar-refractivity contribution < 1.29 is 9.84 Å². The van der Waals surface area contributed by atoms with Gasteiger partial charge in [0, 0.05) is 47.4 Å². The fraction of sp³-hybridized carbons (Fsp3) is 0.458. The summed E-state index contributed by atoms with van der Waals surface area (Å²) in [5, 5.41) is 23.1. The summed E-state index contributed by atoms with van der Waals surface area (Å²) in [7, 11) is 1.60. The second-order valence-corrected chi connectivity index (χ2v) is 10.6. The summed E-state index contributed by atoms with van der Waals surface area (Å²) >= 11 is 1.71. The Morgan fingerprint density at radius 1 is 1.33 bits per heavy atom. The number of fused-ring (bicyclic) bond motifs is 4. The van der Waals surface area contributed by atoms with Gasteiger partial charge in [-0.05, 0) is 49.1 Å². The minimum atomic E-state index is -0.349. The van der Waals surface area contributed by atoms with E-state index in [0.29, 0.717) is 22.7 Å². The van der Waals surface area contributed by atoms with Gasteiger partial charge in [0.05, 0.1) is 18.2 Å². The quantitative estimate of drug-likeness (QED) is 0.326.